The number of hydrogen-bond acceptors (Lipinski definition) is 3. The van der Waals surface area contributed by atoms with E-state index in [9.17, 15) is 9.90 Å². The molecule has 2 rings (SSSR count). The number of carbonyl (C=O) groups is 1. The standard InChI is InChI=1S/C17H26N2O3/c1-12-5-4-6-13(2)16(12)10-18-17(21)19-7-8-22-11-15(19)9-14(3)20/h4-6,14-15,20H,7-11H2,1-3H3,(H,18,21)/t14-,15-/m0/s1. The molecule has 2 atom stereocenters. The zero-order valence-corrected chi connectivity index (χ0v) is 13.6. The Bertz CT molecular complexity index is 496. The van der Waals surface area contributed by atoms with Crippen LogP contribution >= 0.6 is 0 Å². The lowest BCUT2D eigenvalue weighted by atomic mass is 10.0. The maximum Gasteiger partial charge on any atom is 0.318 e. The van der Waals surface area contributed by atoms with Gasteiger partial charge in [-0.25, -0.2) is 4.79 Å². The number of urea groups is 1. The SMILES string of the molecule is Cc1cccc(C)c1CNC(=O)N1CCOC[C@@H]1C[C@H](C)O. The average Bonchev–Trinajstić information content (AvgIpc) is 2.46. The number of rotatable bonds is 4. The van der Waals surface area contributed by atoms with E-state index in [0.717, 1.165) is 5.56 Å². The van der Waals surface area contributed by atoms with Gasteiger partial charge in [0.15, 0.2) is 0 Å². The fourth-order valence-electron chi connectivity index (χ4n) is 2.90. The number of amides is 2. The van der Waals surface area contributed by atoms with Crippen molar-refractivity contribution in [3.63, 3.8) is 0 Å². The third kappa shape index (κ3) is 4.21. The zero-order chi connectivity index (χ0) is 16.1. The smallest absolute Gasteiger partial charge is 0.318 e. The molecule has 5 heteroatoms. The lowest BCUT2D eigenvalue weighted by Gasteiger charge is -2.36. The van der Waals surface area contributed by atoms with Crippen LogP contribution in [0.5, 0.6) is 0 Å². The van der Waals surface area contributed by atoms with Crippen LogP contribution in [0.3, 0.4) is 0 Å². The second-order valence-corrected chi connectivity index (χ2v) is 6.04. The van der Waals surface area contributed by atoms with Crippen LogP contribution in [0.1, 0.15) is 30.0 Å². The number of nitrogens with zero attached hydrogens (tertiary/aromatic N) is 1. The molecule has 0 bridgehead atoms. The van der Waals surface area contributed by atoms with Gasteiger partial charge in [-0.2, -0.15) is 0 Å². The van der Waals surface area contributed by atoms with Crippen molar-refractivity contribution in [2.45, 2.75) is 45.9 Å². The van der Waals surface area contributed by atoms with E-state index in [4.69, 9.17) is 4.74 Å². The Balaban J connectivity index is 1.98. The van der Waals surface area contributed by atoms with Crippen LogP contribution < -0.4 is 5.32 Å². The molecule has 122 valence electrons. The van der Waals surface area contributed by atoms with Crippen molar-refractivity contribution in [2.75, 3.05) is 19.8 Å². The van der Waals surface area contributed by atoms with Gasteiger partial charge in [0, 0.05) is 13.1 Å². The lowest BCUT2D eigenvalue weighted by Crippen LogP contribution is -2.53. The number of ether oxygens (including phenoxy) is 1. The summed E-state index contributed by atoms with van der Waals surface area (Å²) in [5.41, 5.74) is 3.53. The minimum absolute atomic E-state index is 0.0632. The summed E-state index contributed by atoms with van der Waals surface area (Å²) in [4.78, 5) is 14.2. The Labute approximate surface area is 132 Å². The lowest BCUT2D eigenvalue weighted by molar-refractivity contribution is -0.00438. The third-order valence-corrected chi connectivity index (χ3v) is 4.16. The van der Waals surface area contributed by atoms with E-state index in [1.807, 2.05) is 6.07 Å². The molecule has 22 heavy (non-hydrogen) atoms. The first-order valence-corrected chi connectivity index (χ1v) is 7.84. The number of aryl methyl sites for hydroxylation is 2. The number of aliphatic hydroxyl groups excluding tert-OH is 1. The van der Waals surface area contributed by atoms with Crippen molar-refractivity contribution in [3.8, 4) is 0 Å². The molecule has 2 amide bonds. The summed E-state index contributed by atoms with van der Waals surface area (Å²) in [5, 5.41) is 12.6. The van der Waals surface area contributed by atoms with Crippen LogP contribution in [-0.4, -0.2) is 47.9 Å². The predicted molar refractivity (Wildman–Crippen MR) is 85.8 cm³/mol. The highest BCUT2D eigenvalue weighted by Gasteiger charge is 2.28. The molecule has 1 saturated heterocycles. The Hall–Kier alpha value is -1.59. The molecule has 0 radical (unpaired) electrons. The maximum atomic E-state index is 12.5. The second kappa shape index (κ2) is 7.61. The van der Waals surface area contributed by atoms with Gasteiger partial charge in [0.05, 0.1) is 25.4 Å². The van der Waals surface area contributed by atoms with E-state index >= 15 is 0 Å². The van der Waals surface area contributed by atoms with Crippen molar-refractivity contribution >= 4 is 6.03 Å². The van der Waals surface area contributed by atoms with Crippen LogP contribution in [0.4, 0.5) is 4.79 Å². The van der Waals surface area contributed by atoms with Gasteiger partial charge in [-0.05, 0) is 43.9 Å². The van der Waals surface area contributed by atoms with Gasteiger partial charge in [0.2, 0.25) is 0 Å². The number of morpholine rings is 1. The van der Waals surface area contributed by atoms with E-state index < -0.39 is 6.10 Å². The number of hydrogen-bond donors (Lipinski definition) is 2. The Morgan fingerprint density at radius 3 is 2.77 bits per heavy atom. The first kappa shape index (κ1) is 16.8. The minimum Gasteiger partial charge on any atom is -0.393 e. The van der Waals surface area contributed by atoms with E-state index in [-0.39, 0.29) is 12.1 Å². The average molecular weight is 306 g/mol. The number of nitrogens with one attached hydrogen (secondary N) is 1. The Morgan fingerprint density at radius 2 is 2.14 bits per heavy atom. The molecular weight excluding hydrogens is 280 g/mol. The Morgan fingerprint density at radius 1 is 1.45 bits per heavy atom. The first-order valence-electron chi connectivity index (χ1n) is 7.84. The van der Waals surface area contributed by atoms with E-state index in [1.54, 1.807) is 11.8 Å². The normalized spacial score (nSPS) is 19.8. The van der Waals surface area contributed by atoms with Gasteiger partial charge in [-0.1, -0.05) is 18.2 Å². The molecule has 1 heterocycles. The molecule has 0 spiro atoms. The van der Waals surface area contributed by atoms with Crippen molar-refractivity contribution in [2.24, 2.45) is 0 Å². The van der Waals surface area contributed by atoms with Crippen LogP contribution in [0.2, 0.25) is 0 Å². The molecular formula is C17H26N2O3. The molecule has 0 saturated carbocycles. The summed E-state index contributed by atoms with van der Waals surface area (Å²) in [7, 11) is 0. The van der Waals surface area contributed by atoms with Crippen LogP contribution in [-0.2, 0) is 11.3 Å². The maximum absolute atomic E-state index is 12.5. The highest BCUT2D eigenvalue weighted by Crippen LogP contribution is 2.15. The fraction of sp³-hybridized carbons (Fsp3) is 0.588. The molecule has 0 aliphatic carbocycles. The quantitative estimate of drug-likeness (QED) is 0.894. The molecule has 1 aliphatic rings. The van der Waals surface area contributed by atoms with E-state index in [2.05, 4.69) is 31.3 Å². The van der Waals surface area contributed by atoms with Crippen molar-refractivity contribution in [1.82, 2.24) is 10.2 Å². The number of benzene rings is 1. The van der Waals surface area contributed by atoms with Gasteiger partial charge in [-0.15, -0.1) is 0 Å². The summed E-state index contributed by atoms with van der Waals surface area (Å²) in [6, 6.07) is 5.98. The molecule has 0 unspecified atom stereocenters. The van der Waals surface area contributed by atoms with Gasteiger partial charge >= 0.3 is 6.03 Å². The molecule has 1 aromatic carbocycles. The third-order valence-electron chi connectivity index (χ3n) is 4.16. The monoisotopic (exact) mass is 306 g/mol. The summed E-state index contributed by atoms with van der Waals surface area (Å²) >= 11 is 0. The van der Waals surface area contributed by atoms with Crippen molar-refractivity contribution in [1.29, 1.82) is 0 Å². The van der Waals surface area contributed by atoms with E-state index in [1.165, 1.54) is 11.1 Å². The van der Waals surface area contributed by atoms with Gasteiger partial charge in [0.25, 0.3) is 0 Å². The summed E-state index contributed by atoms with van der Waals surface area (Å²) in [5.74, 6) is 0. The summed E-state index contributed by atoms with van der Waals surface area (Å²) in [6.45, 7) is 7.97. The summed E-state index contributed by atoms with van der Waals surface area (Å²) < 4.78 is 5.43. The van der Waals surface area contributed by atoms with Crippen molar-refractivity contribution < 1.29 is 14.6 Å². The van der Waals surface area contributed by atoms with Crippen LogP contribution in [0, 0.1) is 13.8 Å². The summed E-state index contributed by atoms with van der Waals surface area (Å²) in [6.07, 6.45) is 0.0946. The highest BCUT2D eigenvalue weighted by atomic mass is 16.5. The topological polar surface area (TPSA) is 61.8 Å². The molecule has 1 aromatic rings. The molecule has 1 aliphatic heterocycles. The number of carbonyl (C=O) groups excluding carboxylic acids is 1. The van der Waals surface area contributed by atoms with E-state index in [0.29, 0.717) is 32.7 Å². The highest BCUT2D eigenvalue weighted by molar-refractivity contribution is 5.74. The molecule has 0 aromatic heterocycles. The molecule has 2 N–H and O–H groups in total. The van der Waals surface area contributed by atoms with Crippen LogP contribution in [0.15, 0.2) is 18.2 Å². The minimum atomic E-state index is -0.444. The van der Waals surface area contributed by atoms with Gasteiger partial charge in [-0.3, -0.25) is 0 Å². The van der Waals surface area contributed by atoms with Gasteiger partial charge in [0.1, 0.15) is 0 Å². The Kier molecular flexibility index (Phi) is 5.80. The molecule has 5 nitrogen and oxygen atoms in total. The second-order valence-electron chi connectivity index (χ2n) is 6.04. The first-order chi connectivity index (χ1) is 10.5. The van der Waals surface area contributed by atoms with Crippen molar-refractivity contribution in [3.05, 3.63) is 34.9 Å². The fourth-order valence-corrected chi connectivity index (χ4v) is 2.90. The molecule has 1 fully saturated rings. The predicted octanol–water partition coefficient (Wildman–Crippen LogP) is 1.98. The largest absolute Gasteiger partial charge is 0.393 e. The zero-order valence-electron chi connectivity index (χ0n) is 13.6. The van der Waals surface area contributed by atoms with Gasteiger partial charge < -0.3 is 20.1 Å². The van der Waals surface area contributed by atoms with Crippen LogP contribution in [0.25, 0.3) is 0 Å². The number of aliphatic hydroxyl groups is 1.